The van der Waals surface area contributed by atoms with Gasteiger partial charge in [0.05, 0.1) is 9.49 Å². The fraction of sp³-hybridized carbons (Fsp3) is 0.250. The molecule has 4 rings (SSSR count). The number of nitrogens with zero attached hydrogens (tertiary/aromatic N) is 3. The van der Waals surface area contributed by atoms with Crippen molar-refractivity contribution in [2.75, 3.05) is 22.6 Å². The molecular formula is C24H25IN6O2. The first-order valence-electron chi connectivity index (χ1n) is 10.7. The van der Waals surface area contributed by atoms with Crippen LogP contribution in [0.5, 0.6) is 0 Å². The Kier molecular flexibility index (Phi) is 7.07. The van der Waals surface area contributed by atoms with Gasteiger partial charge >= 0.3 is 0 Å². The maximum absolute atomic E-state index is 12.8. The number of carbonyl (C=O) groups excluding carboxylic acids is 2. The van der Waals surface area contributed by atoms with Gasteiger partial charge in [-0.3, -0.25) is 9.59 Å². The smallest absolute Gasteiger partial charge is 0.258 e. The molecule has 2 atom stereocenters. The Balaban J connectivity index is 1.44. The summed E-state index contributed by atoms with van der Waals surface area (Å²) in [7, 11) is 1.75. The van der Waals surface area contributed by atoms with E-state index < -0.39 is 0 Å². The molecule has 8 nitrogen and oxygen atoms in total. The normalized spacial score (nSPS) is 17.4. The Hall–Kier alpha value is -3.21. The van der Waals surface area contributed by atoms with Gasteiger partial charge in [-0.05, 0) is 71.8 Å². The molecule has 3 aromatic rings. The SMILES string of the molecule is CN(C(=O)c1ccc(Nc2ncc(I)c(N[C@@H]3CCC[C@@H]3C(N)=O)n2)cc1)c1ccccc1. The number of nitrogens with two attached hydrogens (primary N) is 1. The van der Waals surface area contributed by atoms with Gasteiger partial charge < -0.3 is 21.3 Å². The van der Waals surface area contributed by atoms with Crippen molar-refractivity contribution in [1.82, 2.24) is 9.97 Å². The molecule has 0 unspecified atom stereocenters. The molecule has 0 bridgehead atoms. The van der Waals surface area contributed by atoms with Crippen LogP contribution in [0.2, 0.25) is 0 Å². The molecule has 0 saturated heterocycles. The molecule has 2 amide bonds. The predicted molar refractivity (Wildman–Crippen MR) is 138 cm³/mol. The molecule has 4 N–H and O–H groups in total. The van der Waals surface area contributed by atoms with Gasteiger partial charge in [-0.1, -0.05) is 24.6 Å². The van der Waals surface area contributed by atoms with Crippen molar-refractivity contribution in [3.63, 3.8) is 0 Å². The number of benzene rings is 2. The number of nitrogens with one attached hydrogen (secondary N) is 2. The number of primary amides is 1. The van der Waals surface area contributed by atoms with Gasteiger partial charge in [0, 0.05) is 36.2 Å². The van der Waals surface area contributed by atoms with Gasteiger partial charge in [0.1, 0.15) is 5.82 Å². The zero-order chi connectivity index (χ0) is 23.4. The van der Waals surface area contributed by atoms with E-state index in [1.807, 2.05) is 42.5 Å². The second-order valence-electron chi connectivity index (χ2n) is 7.98. The van der Waals surface area contributed by atoms with Crippen molar-refractivity contribution in [2.45, 2.75) is 25.3 Å². The Labute approximate surface area is 206 Å². The van der Waals surface area contributed by atoms with Gasteiger partial charge in [0.2, 0.25) is 11.9 Å². The lowest BCUT2D eigenvalue weighted by Gasteiger charge is -2.20. The lowest BCUT2D eigenvalue weighted by atomic mass is 10.0. The number of anilines is 4. The number of amides is 2. The molecule has 1 saturated carbocycles. The maximum Gasteiger partial charge on any atom is 0.258 e. The van der Waals surface area contributed by atoms with Crippen molar-refractivity contribution in [3.05, 3.63) is 69.9 Å². The highest BCUT2D eigenvalue weighted by atomic mass is 127. The summed E-state index contributed by atoms with van der Waals surface area (Å²) >= 11 is 2.17. The largest absolute Gasteiger partial charge is 0.369 e. The Morgan fingerprint density at radius 2 is 1.82 bits per heavy atom. The molecule has 0 spiro atoms. The fourth-order valence-corrected chi connectivity index (χ4v) is 4.38. The molecule has 9 heteroatoms. The summed E-state index contributed by atoms with van der Waals surface area (Å²) in [6.45, 7) is 0. The van der Waals surface area contributed by atoms with Gasteiger partial charge in [0.15, 0.2) is 0 Å². The first kappa shape index (κ1) is 23.0. The van der Waals surface area contributed by atoms with Crippen LogP contribution in [0, 0.1) is 9.49 Å². The van der Waals surface area contributed by atoms with Crippen LogP contribution in [0.25, 0.3) is 0 Å². The van der Waals surface area contributed by atoms with E-state index in [1.54, 1.807) is 30.3 Å². The molecule has 33 heavy (non-hydrogen) atoms. The van der Waals surface area contributed by atoms with E-state index in [9.17, 15) is 9.59 Å². The first-order valence-corrected chi connectivity index (χ1v) is 11.8. The lowest BCUT2D eigenvalue weighted by Crippen LogP contribution is -2.34. The van der Waals surface area contributed by atoms with Gasteiger partial charge in [-0.2, -0.15) is 4.98 Å². The average Bonchev–Trinajstić information content (AvgIpc) is 3.30. The quantitative estimate of drug-likeness (QED) is 0.377. The number of halogens is 1. The molecule has 1 aromatic heterocycles. The standard InChI is InChI=1S/C24H25IN6O2/c1-31(17-6-3-2-4-7-17)23(33)15-10-12-16(13-11-15)28-24-27-14-19(25)22(30-24)29-20-9-5-8-18(20)21(26)32/h2-4,6-7,10-14,18,20H,5,8-9H2,1H3,(H2,26,32)(H2,27,28,29,30)/t18-,20+/m0/s1. The molecular weight excluding hydrogens is 531 g/mol. The Bertz CT molecular complexity index is 1140. The van der Waals surface area contributed by atoms with Crippen molar-refractivity contribution in [2.24, 2.45) is 11.7 Å². The monoisotopic (exact) mass is 556 g/mol. The minimum Gasteiger partial charge on any atom is -0.369 e. The molecule has 0 aliphatic heterocycles. The van der Waals surface area contributed by atoms with E-state index in [0.29, 0.717) is 17.3 Å². The third-order valence-corrected chi connectivity index (χ3v) is 6.57. The van der Waals surface area contributed by atoms with Crippen LogP contribution < -0.4 is 21.3 Å². The third-order valence-electron chi connectivity index (χ3n) is 5.78. The second kappa shape index (κ2) is 10.2. The van der Waals surface area contributed by atoms with Crippen LogP contribution in [0.15, 0.2) is 60.8 Å². The summed E-state index contributed by atoms with van der Waals surface area (Å²) in [5.41, 5.74) is 7.72. The Morgan fingerprint density at radius 3 is 2.52 bits per heavy atom. The molecule has 2 aromatic carbocycles. The van der Waals surface area contributed by atoms with Crippen LogP contribution in [0.1, 0.15) is 29.6 Å². The topological polar surface area (TPSA) is 113 Å². The van der Waals surface area contributed by atoms with Crippen LogP contribution in [-0.4, -0.2) is 34.9 Å². The van der Waals surface area contributed by atoms with Crippen LogP contribution in [0.4, 0.5) is 23.1 Å². The van der Waals surface area contributed by atoms with E-state index in [-0.39, 0.29) is 23.8 Å². The number of para-hydroxylation sites is 1. The predicted octanol–water partition coefficient (Wildman–Crippen LogP) is 4.17. The highest BCUT2D eigenvalue weighted by Crippen LogP contribution is 2.29. The fourth-order valence-electron chi connectivity index (χ4n) is 3.97. The van der Waals surface area contributed by atoms with Crippen molar-refractivity contribution < 1.29 is 9.59 Å². The van der Waals surface area contributed by atoms with Crippen LogP contribution in [-0.2, 0) is 4.79 Å². The molecule has 1 fully saturated rings. The minimum absolute atomic E-state index is 0.0225. The number of hydrogen-bond donors (Lipinski definition) is 3. The van der Waals surface area contributed by atoms with E-state index in [2.05, 4.69) is 43.2 Å². The second-order valence-corrected chi connectivity index (χ2v) is 9.15. The summed E-state index contributed by atoms with van der Waals surface area (Å²) in [4.78, 5) is 35.0. The summed E-state index contributed by atoms with van der Waals surface area (Å²) < 4.78 is 0.859. The van der Waals surface area contributed by atoms with Crippen molar-refractivity contribution in [1.29, 1.82) is 0 Å². The van der Waals surface area contributed by atoms with Gasteiger partial charge in [-0.25, -0.2) is 4.98 Å². The molecule has 1 aliphatic carbocycles. The lowest BCUT2D eigenvalue weighted by molar-refractivity contribution is -0.121. The number of aromatic nitrogens is 2. The summed E-state index contributed by atoms with van der Waals surface area (Å²) in [5.74, 6) is 0.533. The van der Waals surface area contributed by atoms with E-state index in [4.69, 9.17) is 5.73 Å². The zero-order valence-electron chi connectivity index (χ0n) is 18.2. The van der Waals surface area contributed by atoms with Crippen LogP contribution in [0.3, 0.4) is 0 Å². The minimum atomic E-state index is -0.278. The van der Waals surface area contributed by atoms with E-state index in [1.165, 1.54) is 0 Å². The molecule has 0 radical (unpaired) electrons. The van der Waals surface area contributed by atoms with Crippen molar-refractivity contribution in [3.8, 4) is 0 Å². The molecule has 170 valence electrons. The summed E-state index contributed by atoms with van der Waals surface area (Å²) in [6, 6.07) is 16.7. The average molecular weight is 556 g/mol. The molecule has 1 heterocycles. The van der Waals surface area contributed by atoms with Crippen molar-refractivity contribution >= 4 is 57.5 Å². The number of carbonyl (C=O) groups is 2. The highest BCUT2D eigenvalue weighted by Gasteiger charge is 2.32. The Morgan fingerprint density at radius 1 is 1.09 bits per heavy atom. The first-order chi connectivity index (χ1) is 15.9. The summed E-state index contributed by atoms with van der Waals surface area (Å²) in [5, 5.41) is 6.54. The maximum atomic E-state index is 12.8. The zero-order valence-corrected chi connectivity index (χ0v) is 20.3. The summed E-state index contributed by atoms with van der Waals surface area (Å²) in [6.07, 6.45) is 4.36. The van der Waals surface area contributed by atoms with E-state index in [0.717, 1.165) is 34.2 Å². The highest BCUT2D eigenvalue weighted by molar-refractivity contribution is 14.1. The third kappa shape index (κ3) is 5.41. The van der Waals surface area contributed by atoms with E-state index >= 15 is 0 Å². The van der Waals surface area contributed by atoms with Crippen LogP contribution >= 0.6 is 22.6 Å². The van der Waals surface area contributed by atoms with Gasteiger partial charge in [0.25, 0.3) is 5.91 Å². The number of hydrogen-bond acceptors (Lipinski definition) is 6. The molecule has 1 aliphatic rings. The van der Waals surface area contributed by atoms with Gasteiger partial charge in [-0.15, -0.1) is 0 Å². The number of rotatable bonds is 7.